The number of nitrogens with one attached hydrogen (secondary N) is 1. The molecule has 0 aromatic carbocycles. The number of ether oxygens (including phenoxy) is 1. The van der Waals surface area contributed by atoms with Crippen LogP contribution in [0.15, 0.2) is 12.3 Å². The molecule has 0 radical (unpaired) electrons. The lowest BCUT2D eigenvalue weighted by Gasteiger charge is -2.50. The minimum atomic E-state index is -0.191. The molecule has 1 N–H and O–H groups in total. The Kier molecular flexibility index (Phi) is 5.13. The summed E-state index contributed by atoms with van der Waals surface area (Å²) in [6.07, 6.45) is 4.08. The molecule has 1 spiro atoms. The Labute approximate surface area is 148 Å². The molecule has 2 aliphatic heterocycles. The maximum atomic E-state index is 12.2. The molecular weight excluding hydrogens is 320 g/mol. The van der Waals surface area contributed by atoms with E-state index in [0.29, 0.717) is 43.6 Å². The highest BCUT2D eigenvalue weighted by Crippen LogP contribution is 2.41. The summed E-state index contributed by atoms with van der Waals surface area (Å²) in [4.78, 5) is 26.2. The lowest BCUT2D eigenvalue weighted by Crippen LogP contribution is -2.66. The van der Waals surface area contributed by atoms with Crippen LogP contribution in [0, 0.1) is 11.8 Å². The van der Waals surface area contributed by atoms with Crippen LogP contribution in [0.4, 0.5) is 0 Å². The highest BCUT2D eigenvalue weighted by molar-refractivity contribution is 5.92. The predicted molar refractivity (Wildman–Crippen MR) is 93.0 cm³/mol. The van der Waals surface area contributed by atoms with E-state index in [1.807, 2.05) is 4.90 Å². The van der Waals surface area contributed by atoms with Gasteiger partial charge in [-0.3, -0.25) is 14.3 Å². The van der Waals surface area contributed by atoms with Crippen molar-refractivity contribution >= 4 is 11.8 Å². The number of likely N-dealkylation sites (tertiary alicyclic amines) is 1. The van der Waals surface area contributed by atoms with Gasteiger partial charge in [0.05, 0.1) is 13.1 Å². The molecule has 1 atom stereocenters. The van der Waals surface area contributed by atoms with E-state index in [0.717, 1.165) is 19.4 Å². The second-order valence-electron chi connectivity index (χ2n) is 7.63. The van der Waals surface area contributed by atoms with Crippen LogP contribution in [0.5, 0.6) is 0 Å². The zero-order valence-electron chi connectivity index (χ0n) is 15.3. The number of carbonyl (C=O) groups excluding carboxylic acids is 2. The molecule has 2 saturated heterocycles. The number of aryl methyl sites for hydroxylation is 1. The van der Waals surface area contributed by atoms with Gasteiger partial charge in [-0.2, -0.15) is 5.10 Å². The van der Waals surface area contributed by atoms with Crippen LogP contribution in [-0.2, 0) is 16.6 Å². The first-order valence-electron chi connectivity index (χ1n) is 9.09. The summed E-state index contributed by atoms with van der Waals surface area (Å²) in [5.74, 6) is 0.892. The smallest absolute Gasteiger partial charge is 0.269 e. The highest BCUT2D eigenvalue weighted by atomic mass is 16.5. The molecule has 1 aromatic heterocycles. The van der Waals surface area contributed by atoms with Gasteiger partial charge in [0, 0.05) is 32.8 Å². The van der Waals surface area contributed by atoms with Crippen molar-refractivity contribution in [2.24, 2.45) is 18.9 Å². The van der Waals surface area contributed by atoms with E-state index in [-0.39, 0.29) is 17.4 Å². The molecule has 0 saturated carbocycles. The molecule has 25 heavy (non-hydrogen) atoms. The van der Waals surface area contributed by atoms with Crippen molar-refractivity contribution < 1.29 is 14.3 Å². The van der Waals surface area contributed by atoms with Crippen molar-refractivity contribution in [2.45, 2.75) is 38.7 Å². The average Bonchev–Trinajstić information content (AvgIpc) is 3.11. The summed E-state index contributed by atoms with van der Waals surface area (Å²) in [7, 11) is 1.76. The summed E-state index contributed by atoms with van der Waals surface area (Å²) in [5, 5.41) is 6.98. The van der Waals surface area contributed by atoms with Crippen LogP contribution in [0.3, 0.4) is 0 Å². The van der Waals surface area contributed by atoms with E-state index in [9.17, 15) is 9.59 Å². The number of aromatic nitrogens is 2. The third-order valence-corrected chi connectivity index (χ3v) is 5.28. The Balaban J connectivity index is 1.46. The van der Waals surface area contributed by atoms with Gasteiger partial charge >= 0.3 is 0 Å². The quantitative estimate of drug-likeness (QED) is 0.838. The van der Waals surface area contributed by atoms with E-state index < -0.39 is 0 Å². The van der Waals surface area contributed by atoms with Gasteiger partial charge in [0.15, 0.2) is 0 Å². The van der Waals surface area contributed by atoms with Gasteiger partial charge in [0.1, 0.15) is 11.3 Å². The van der Waals surface area contributed by atoms with Gasteiger partial charge in [-0.05, 0) is 30.7 Å². The minimum Gasteiger partial charge on any atom is -0.371 e. The van der Waals surface area contributed by atoms with E-state index in [2.05, 4.69) is 24.3 Å². The van der Waals surface area contributed by atoms with Crippen molar-refractivity contribution in [1.82, 2.24) is 20.0 Å². The molecule has 0 unspecified atom stereocenters. The van der Waals surface area contributed by atoms with Gasteiger partial charge < -0.3 is 15.0 Å². The Morgan fingerprint density at radius 3 is 2.84 bits per heavy atom. The topological polar surface area (TPSA) is 76.5 Å². The van der Waals surface area contributed by atoms with Crippen LogP contribution in [-0.4, -0.2) is 58.3 Å². The van der Waals surface area contributed by atoms with Crippen LogP contribution in [0.2, 0.25) is 0 Å². The molecule has 1 aromatic rings. The fourth-order valence-corrected chi connectivity index (χ4v) is 3.84. The van der Waals surface area contributed by atoms with Gasteiger partial charge in [-0.1, -0.05) is 13.8 Å². The fourth-order valence-electron chi connectivity index (χ4n) is 3.84. The Morgan fingerprint density at radius 2 is 2.20 bits per heavy atom. The first kappa shape index (κ1) is 17.9. The standard InChI is InChI=1S/C18H28N4O3/c1-13(2)10-16(23)22-11-18(12-22)14(6-9-25-18)4-7-19-17(24)15-5-8-20-21(15)3/h5,8,13-14H,4,6-7,9-12H2,1-3H3,(H,19,24)/t14-/m0/s1. The fraction of sp³-hybridized carbons (Fsp3) is 0.722. The van der Waals surface area contributed by atoms with Crippen LogP contribution in [0.25, 0.3) is 0 Å². The first-order chi connectivity index (χ1) is 11.9. The molecule has 2 amide bonds. The molecular formula is C18H28N4O3. The van der Waals surface area contributed by atoms with Gasteiger partial charge in [0.25, 0.3) is 5.91 Å². The van der Waals surface area contributed by atoms with Gasteiger partial charge in [-0.15, -0.1) is 0 Å². The van der Waals surface area contributed by atoms with E-state index in [1.54, 1.807) is 24.0 Å². The summed E-state index contributed by atoms with van der Waals surface area (Å²) in [5.41, 5.74) is 0.371. The van der Waals surface area contributed by atoms with Crippen molar-refractivity contribution in [2.75, 3.05) is 26.2 Å². The minimum absolute atomic E-state index is 0.102. The third-order valence-electron chi connectivity index (χ3n) is 5.28. The summed E-state index contributed by atoms with van der Waals surface area (Å²) < 4.78 is 7.57. The number of rotatable bonds is 6. The molecule has 7 nitrogen and oxygen atoms in total. The second-order valence-corrected chi connectivity index (χ2v) is 7.63. The highest BCUT2D eigenvalue weighted by Gasteiger charge is 2.53. The molecule has 2 aliphatic rings. The van der Waals surface area contributed by atoms with E-state index in [4.69, 9.17) is 4.74 Å². The number of hydrogen-bond acceptors (Lipinski definition) is 4. The lowest BCUT2D eigenvalue weighted by atomic mass is 9.78. The van der Waals surface area contributed by atoms with E-state index in [1.165, 1.54) is 0 Å². The van der Waals surface area contributed by atoms with Crippen LogP contribution < -0.4 is 5.32 Å². The van der Waals surface area contributed by atoms with Crippen molar-refractivity contribution in [3.05, 3.63) is 18.0 Å². The zero-order chi connectivity index (χ0) is 18.0. The number of carbonyl (C=O) groups is 2. The molecule has 0 bridgehead atoms. The molecule has 3 rings (SSSR count). The normalized spacial score (nSPS) is 21.6. The summed E-state index contributed by atoms with van der Waals surface area (Å²) >= 11 is 0. The van der Waals surface area contributed by atoms with Crippen molar-refractivity contribution in [3.8, 4) is 0 Å². The molecule has 138 valence electrons. The zero-order valence-corrected chi connectivity index (χ0v) is 15.3. The van der Waals surface area contributed by atoms with Gasteiger partial charge in [0.2, 0.25) is 5.91 Å². The molecule has 3 heterocycles. The molecule has 7 heteroatoms. The van der Waals surface area contributed by atoms with Crippen LogP contribution in [0.1, 0.15) is 43.6 Å². The van der Waals surface area contributed by atoms with Crippen molar-refractivity contribution in [3.63, 3.8) is 0 Å². The Bertz CT molecular complexity index is 634. The molecule has 2 fully saturated rings. The van der Waals surface area contributed by atoms with E-state index >= 15 is 0 Å². The Hall–Kier alpha value is -1.89. The summed E-state index contributed by atoms with van der Waals surface area (Å²) in [6.45, 7) is 6.87. The molecule has 0 aliphatic carbocycles. The number of amides is 2. The lowest BCUT2D eigenvalue weighted by molar-refractivity contribution is -0.166. The van der Waals surface area contributed by atoms with Crippen LogP contribution >= 0.6 is 0 Å². The third kappa shape index (κ3) is 3.71. The summed E-state index contributed by atoms with van der Waals surface area (Å²) in [6, 6.07) is 1.71. The average molecular weight is 348 g/mol. The predicted octanol–water partition coefficient (Wildman–Crippen LogP) is 1.20. The number of nitrogens with zero attached hydrogens (tertiary/aromatic N) is 3. The van der Waals surface area contributed by atoms with Gasteiger partial charge in [-0.25, -0.2) is 0 Å². The van der Waals surface area contributed by atoms with Crippen molar-refractivity contribution in [1.29, 1.82) is 0 Å². The SMILES string of the molecule is CC(C)CC(=O)N1CC2(C1)OCC[C@@H]2CCNC(=O)c1ccnn1C. The number of hydrogen-bond donors (Lipinski definition) is 1. The largest absolute Gasteiger partial charge is 0.371 e. The monoisotopic (exact) mass is 348 g/mol. The second kappa shape index (κ2) is 7.15. The maximum absolute atomic E-state index is 12.2. The Morgan fingerprint density at radius 1 is 1.44 bits per heavy atom. The first-order valence-corrected chi connectivity index (χ1v) is 9.09. The maximum Gasteiger partial charge on any atom is 0.269 e.